The molecule has 0 aromatic carbocycles. The van der Waals surface area contributed by atoms with Crippen LogP contribution in [0.5, 0.6) is 0 Å². The Morgan fingerprint density at radius 1 is 1.44 bits per heavy atom. The van der Waals surface area contributed by atoms with Gasteiger partial charge in [-0.25, -0.2) is 0 Å². The van der Waals surface area contributed by atoms with Gasteiger partial charge in [-0.1, -0.05) is 20.8 Å². The first-order chi connectivity index (χ1) is 7.30. The molecule has 0 aromatic rings. The number of fused-ring (bicyclic) bond motifs is 2. The predicted molar refractivity (Wildman–Crippen MR) is 60.0 cm³/mol. The third kappa shape index (κ3) is 1.26. The molecule has 0 spiro atoms. The quantitative estimate of drug-likeness (QED) is 0.801. The second kappa shape index (κ2) is 3.31. The van der Waals surface area contributed by atoms with Gasteiger partial charge in [0, 0.05) is 17.8 Å². The number of Topliss-reactive ketones (excluding diaryl/α,β-unsaturated/α-hetero) is 1. The molecule has 3 nitrogen and oxygen atoms in total. The minimum absolute atomic E-state index is 0.00940. The van der Waals surface area contributed by atoms with E-state index < -0.39 is 5.97 Å². The Morgan fingerprint density at radius 3 is 2.50 bits per heavy atom. The zero-order valence-electron chi connectivity index (χ0n) is 10.2. The number of carboxylic acids is 1. The summed E-state index contributed by atoms with van der Waals surface area (Å²) in [6, 6.07) is 0. The van der Waals surface area contributed by atoms with Crippen molar-refractivity contribution < 1.29 is 14.7 Å². The third-order valence-electron chi connectivity index (χ3n) is 5.34. The lowest BCUT2D eigenvalue weighted by atomic mass is 9.70. The van der Waals surface area contributed by atoms with Crippen LogP contribution in [-0.4, -0.2) is 16.9 Å². The van der Waals surface area contributed by atoms with Gasteiger partial charge in [-0.05, 0) is 30.6 Å². The molecule has 0 aromatic heterocycles. The minimum Gasteiger partial charge on any atom is -0.481 e. The summed E-state index contributed by atoms with van der Waals surface area (Å²) in [6.45, 7) is 6.41. The summed E-state index contributed by atoms with van der Waals surface area (Å²) in [7, 11) is 0. The van der Waals surface area contributed by atoms with Crippen LogP contribution in [0.4, 0.5) is 0 Å². The molecule has 2 saturated carbocycles. The van der Waals surface area contributed by atoms with E-state index in [1.807, 2.05) is 0 Å². The molecule has 3 heteroatoms. The highest BCUT2D eigenvalue weighted by Crippen LogP contribution is 2.66. The van der Waals surface area contributed by atoms with Crippen molar-refractivity contribution in [3.63, 3.8) is 0 Å². The fourth-order valence-electron chi connectivity index (χ4n) is 3.88. The van der Waals surface area contributed by atoms with E-state index in [1.165, 1.54) is 0 Å². The maximum atomic E-state index is 12.3. The van der Waals surface area contributed by atoms with E-state index in [0.29, 0.717) is 18.1 Å². The Labute approximate surface area is 96.2 Å². The minimum atomic E-state index is -0.793. The summed E-state index contributed by atoms with van der Waals surface area (Å²) in [6.07, 6.45) is 2.71. The molecular formula is C13H20O3. The highest BCUT2D eigenvalue weighted by Gasteiger charge is 2.65. The standard InChI is InChI=1S/C13H20O3/c1-12(2)9-6-7-13(12,3)11(16)8(9)4-5-10(14)15/h8-9H,4-7H2,1-3H3,(H,14,15)/t8-,9+,13-/m0/s1. The molecule has 1 N–H and O–H groups in total. The van der Waals surface area contributed by atoms with E-state index >= 15 is 0 Å². The molecule has 2 fully saturated rings. The summed E-state index contributed by atoms with van der Waals surface area (Å²) < 4.78 is 0. The normalized spacial score (nSPS) is 40.3. The van der Waals surface area contributed by atoms with Crippen LogP contribution in [0.15, 0.2) is 0 Å². The summed E-state index contributed by atoms with van der Waals surface area (Å²) in [5, 5.41) is 8.71. The second-order valence-electron chi connectivity index (χ2n) is 6.10. The molecule has 0 saturated heterocycles. The van der Waals surface area contributed by atoms with Gasteiger partial charge in [0.05, 0.1) is 0 Å². The van der Waals surface area contributed by atoms with Crippen LogP contribution in [0.2, 0.25) is 0 Å². The molecule has 2 rings (SSSR count). The molecule has 0 aliphatic heterocycles. The number of ketones is 1. The molecule has 3 atom stereocenters. The van der Waals surface area contributed by atoms with Crippen LogP contribution in [0.1, 0.15) is 46.5 Å². The van der Waals surface area contributed by atoms with Crippen molar-refractivity contribution in [3.8, 4) is 0 Å². The number of carbonyl (C=O) groups is 2. The first-order valence-corrected chi connectivity index (χ1v) is 6.07. The van der Waals surface area contributed by atoms with Gasteiger partial charge in [0.15, 0.2) is 0 Å². The number of aliphatic carboxylic acids is 1. The first kappa shape index (κ1) is 11.6. The average Bonchev–Trinajstić information content (AvgIpc) is 2.47. The summed E-state index contributed by atoms with van der Waals surface area (Å²) in [4.78, 5) is 22.9. The molecular weight excluding hydrogens is 204 g/mol. The Kier molecular flexibility index (Phi) is 2.41. The van der Waals surface area contributed by atoms with Crippen molar-refractivity contribution in [1.29, 1.82) is 0 Å². The van der Waals surface area contributed by atoms with Gasteiger partial charge >= 0.3 is 5.97 Å². The Hall–Kier alpha value is -0.860. The summed E-state index contributed by atoms with van der Waals surface area (Å²) >= 11 is 0. The number of carboxylic acid groups (broad SMARTS) is 1. The molecule has 2 bridgehead atoms. The van der Waals surface area contributed by atoms with Crippen LogP contribution < -0.4 is 0 Å². The molecule has 0 unspecified atom stereocenters. The predicted octanol–water partition coefficient (Wildman–Crippen LogP) is 2.49. The molecule has 2 aliphatic carbocycles. The van der Waals surface area contributed by atoms with E-state index in [1.54, 1.807) is 0 Å². The molecule has 16 heavy (non-hydrogen) atoms. The lowest BCUT2D eigenvalue weighted by Gasteiger charge is -2.32. The fraction of sp³-hybridized carbons (Fsp3) is 0.846. The van der Waals surface area contributed by atoms with Crippen molar-refractivity contribution >= 4 is 11.8 Å². The monoisotopic (exact) mass is 224 g/mol. The van der Waals surface area contributed by atoms with Crippen molar-refractivity contribution in [1.82, 2.24) is 0 Å². The number of hydrogen-bond acceptors (Lipinski definition) is 2. The number of carbonyl (C=O) groups excluding carboxylic acids is 1. The van der Waals surface area contributed by atoms with Gasteiger partial charge in [-0.3, -0.25) is 9.59 Å². The molecule has 0 heterocycles. The summed E-state index contributed by atoms with van der Waals surface area (Å²) in [5.74, 6) is -0.0947. The highest BCUT2D eigenvalue weighted by atomic mass is 16.4. The Bertz CT molecular complexity index is 345. The van der Waals surface area contributed by atoms with Crippen LogP contribution in [0.25, 0.3) is 0 Å². The van der Waals surface area contributed by atoms with Gasteiger partial charge in [-0.15, -0.1) is 0 Å². The largest absolute Gasteiger partial charge is 0.481 e. The van der Waals surface area contributed by atoms with E-state index in [2.05, 4.69) is 20.8 Å². The van der Waals surface area contributed by atoms with Gasteiger partial charge in [0.1, 0.15) is 5.78 Å². The highest BCUT2D eigenvalue weighted by molar-refractivity contribution is 5.91. The van der Waals surface area contributed by atoms with Crippen LogP contribution >= 0.6 is 0 Å². The Balaban J connectivity index is 2.20. The van der Waals surface area contributed by atoms with E-state index in [4.69, 9.17) is 5.11 Å². The maximum Gasteiger partial charge on any atom is 0.303 e. The SMILES string of the molecule is CC1(C)[C@@H]2CC[C@@]1(C)C(=O)[C@H]2CCC(=O)O. The number of rotatable bonds is 3. The third-order valence-corrected chi connectivity index (χ3v) is 5.34. The molecule has 0 amide bonds. The van der Waals surface area contributed by atoms with E-state index in [0.717, 1.165) is 12.8 Å². The van der Waals surface area contributed by atoms with Crippen LogP contribution in [0, 0.1) is 22.7 Å². The summed E-state index contributed by atoms with van der Waals surface area (Å²) in [5.41, 5.74) is -0.159. The zero-order valence-corrected chi connectivity index (χ0v) is 10.2. The lowest BCUT2D eigenvalue weighted by molar-refractivity contribution is -0.138. The Morgan fingerprint density at radius 2 is 2.06 bits per heavy atom. The van der Waals surface area contributed by atoms with Crippen molar-refractivity contribution in [3.05, 3.63) is 0 Å². The average molecular weight is 224 g/mol. The van der Waals surface area contributed by atoms with Gasteiger partial charge in [0.25, 0.3) is 0 Å². The lowest BCUT2D eigenvalue weighted by Crippen LogP contribution is -2.33. The second-order valence-corrected chi connectivity index (χ2v) is 6.10. The number of hydrogen-bond donors (Lipinski definition) is 1. The van der Waals surface area contributed by atoms with Gasteiger partial charge in [0.2, 0.25) is 0 Å². The molecule has 90 valence electrons. The van der Waals surface area contributed by atoms with Gasteiger partial charge in [-0.2, -0.15) is 0 Å². The van der Waals surface area contributed by atoms with Crippen molar-refractivity contribution in [2.24, 2.45) is 22.7 Å². The van der Waals surface area contributed by atoms with Gasteiger partial charge < -0.3 is 5.11 Å². The van der Waals surface area contributed by atoms with Crippen molar-refractivity contribution in [2.45, 2.75) is 46.5 Å². The van der Waals surface area contributed by atoms with E-state index in [9.17, 15) is 9.59 Å². The van der Waals surface area contributed by atoms with Crippen LogP contribution in [0.3, 0.4) is 0 Å². The van der Waals surface area contributed by atoms with E-state index in [-0.39, 0.29) is 23.2 Å². The zero-order chi connectivity index (χ0) is 12.1. The van der Waals surface area contributed by atoms with Crippen LogP contribution in [-0.2, 0) is 9.59 Å². The topological polar surface area (TPSA) is 54.4 Å². The fourth-order valence-corrected chi connectivity index (χ4v) is 3.88. The first-order valence-electron chi connectivity index (χ1n) is 6.07. The molecule has 0 radical (unpaired) electrons. The smallest absolute Gasteiger partial charge is 0.303 e. The maximum absolute atomic E-state index is 12.3. The molecule has 2 aliphatic rings. The van der Waals surface area contributed by atoms with Crippen molar-refractivity contribution in [2.75, 3.05) is 0 Å².